The van der Waals surface area contributed by atoms with E-state index in [1.165, 1.54) is 0 Å². The van der Waals surface area contributed by atoms with Crippen LogP contribution >= 0.6 is 7.82 Å². The van der Waals surface area contributed by atoms with E-state index in [1.54, 1.807) is 0 Å². The number of rotatable bonds is 4. The van der Waals surface area contributed by atoms with Crippen molar-refractivity contribution in [1.82, 2.24) is 0 Å². The summed E-state index contributed by atoms with van der Waals surface area (Å²) in [6, 6.07) is 5.56. The molecule has 9 heteroatoms. The molecule has 0 aliphatic rings. The second-order valence-electron chi connectivity index (χ2n) is 4.66. The molecule has 0 saturated carbocycles. The molecule has 104 valence electrons. The van der Waals surface area contributed by atoms with E-state index in [2.05, 4.69) is 0 Å². The molecule has 2 N–H and O–H groups in total. The predicted octanol–water partition coefficient (Wildman–Crippen LogP) is 0.811. The molecule has 4 nitrogen and oxygen atoms in total. The van der Waals surface area contributed by atoms with Crippen LogP contribution < -0.4 is 4.52 Å². The first-order chi connectivity index (χ1) is 7.72. The van der Waals surface area contributed by atoms with E-state index in [0.717, 1.165) is 11.1 Å². The third-order valence-corrected chi connectivity index (χ3v) is 2.95. The van der Waals surface area contributed by atoms with Gasteiger partial charge in [-0.15, -0.1) is 0 Å². The average molecular weight is 354 g/mol. The molecular formula is C12H23Na4O4P. The topological polar surface area (TPSA) is 66.8 Å². The van der Waals surface area contributed by atoms with Gasteiger partial charge in [0.1, 0.15) is 5.75 Å². The van der Waals surface area contributed by atoms with Crippen molar-refractivity contribution in [1.29, 1.82) is 0 Å². The van der Waals surface area contributed by atoms with Gasteiger partial charge in [-0.2, -0.15) is 0 Å². The van der Waals surface area contributed by atoms with E-state index in [0.29, 0.717) is 5.75 Å². The molecule has 0 aliphatic carbocycles. The Bertz CT molecular complexity index is 423. The second-order valence-corrected chi connectivity index (χ2v) is 5.82. The maximum atomic E-state index is 11.0. The van der Waals surface area contributed by atoms with Crippen LogP contribution in [0.1, 0.15) is 50.7 Å². The average Bonchev–Trinajstić information content (AvgIpc) is 2.14. The fourth-order valence-electron chi connectivity index (χ4n) is 1.71. The van der Waals surface area contributed by atoms with Crippen LogP contribution in [0.5, 0.6) is 5.75 Å². The van der Waals surface area contributed by atoms with Gasteiger partial charge in [0.2, 0.25) is 0 Å². The van der Waals surface area contributed by atoms with E-state index >= 15 is 0 Å². The Morgan fingerprint density at radius 1 is 0.905 bits per heavy atom. The molecule has 0 aliphatic heterocycles. The molecular weight excluding hydrogens is 331 g/mol. The minimum atomic E-state index is -4.52. The van der Waals surface area contributed by atoms with E-state index < -0.39 is 7.82 Å². The number of benzene rings is 1. The molecule has 0 bridgehead atoms. The summed E-state index contributed by atoms with van der Waals surface area (Å²) in [5, 5.41) is 0. The Morgan fingerprint density at radius 2 is 1.24 bits per heavy atom. The van der Waals surface area contributed by atoms with Crippen LogP contribution in [0.4, 0.5) is 0 Å². The van der Waals surface area contributed by atoms with Gasteiger partial charge in [-0.1, -0.05) is 45.9 Å². The monoisotopic (exact) mass is 354 g/mol. The number of hydrogen-bond donors (Lipinski definition) is 2. The third-order valence-electron chi connectivity index (χ3n) is 2.53. The standard InChI is InChI=1S/C12H19O4P.4Na.4H/c1-8(2)10-6-5-7-11(9(3)4)12(10)16-17(13,14)15;;;;;;;;/h5-9H,1-4H3,(H2,13,14,15);;;;;;;;. The summed E-state index contributed by atoms with van der Waals surface area (Å²) < 4.78 is 15.9. The summed E-state index contributed by atoms with van der Waals surface area (Å²) in [5.74, 6) is 0.622. The quantitative estimate of drug-likeness (QED) is 0.621. The zero-order valence-electron chi connectivity index (χ0n) is 10.5. The van der Waals surface area contributed by atoms with Crippen LogP contribution in [-0.2, 0) is 4.57 Å². The van der Waals surface area contributed by atoms with Crippen molar-refractivity contribution >= 4 is 126 Å². The summed E-state index contributed by atoms with van der Waals surface area (Å²) >= 11 is 0. The van der Waals surface area contributed by atoms with E-state index in [1.807, 2.05) is 45.9 Å². The summed E-state index contributed by atoms with van der Waals surface area (Å²) in [4.78, 5) is 17.9. The van der Waals surface area contributed by atoms with Crippen molar-refractivity contribution in [3.05, 3.63) is 29.3 Å². The van der Waals surface area contributed by atoms with Crippen molar-refractivity contribution in [2.45, 2.75) is 39.5 Å². The van der Waals surface area contributed by atoms with Crippen molar-refractivity contribution in [3.8, 4) is 5.75 Å². The van der Waals surface area contributed by atoms with Crippen LogP contribution in [0.3, 0.4) is 0 Å². The summed E-state index contributed by atoms with van der Waals surface area (Å²) in [5.41, 5.74) is 1.64. The van der Waals surface area contributed by atoms with Crippen LogP contribution in [0.15, 0.2) is 18.2 Å². The molecule has 1 aromatic carbocycles. The van der Waals surface area contributed by atoms with Crippen molar-refractivity contribution in [2.24, 2.45) is 0 Å². The van der Waals surface area contributed by atoms with Gasteiger partial charge in [0, 0.05) is 0 Å². The fourth-order valence-corrected chi connectivity index (χ4v) is 2.16. The minimum absolute atomic E-state index is 0. The first kappa shape index (κ1) is 31.9. The third kappa shape index (κ3) is 11.4. The molecule has 0 aromatic heterocycles. The fraction of sp³-hybridized carbons (Fsp3) is 0.500. The molecule has 0 amide bonds. The van der Waals surface area contributed by atoms with E-state index in [9.17, 15) is 4.57 Å². The van der Waals surface area contributed by atoms with Gasteiger partial charge in [-0.25, -0.2) is 4.57 Å². The Morgan fingerprint density at radius 3 is 1.48 bits per heavy atom. The number of hydrogen-bond acceptors (Lipinski definition) is 2. The number of phosphoric ester groups is 1. The molecule has 0 spiro atoms. The first-order valence-electron chi connectivity index (χ1n) is 5.60. The van der Waals surface area contributed by atoms with Crippen molar-refractivity contribution in [2.75, 3.05) is 0 Å². The first-order valence-corrected chi connectivity index (χ1v) is 7.13. The Balaban J connectivity index is -0.000000361. The van der Waals surface area contributed by atoms with Crippen LogP contribution in [0, 0.1) is 0 Å². The summed E-state index contributed by atoms with van der Waals surface area (Å²) in [6.45, 7) is 7.86. The van der Waals surface area contributed by atoms with Gasteiger partial charge < -0.3 is 4.52 Å². The Kier molecular flexibility index (Phi) is 21.8. The zero-order valence-corrected chi connectivity index (χ0v) is 11.4. The Hall–Kier alpha value is 3.17. The van der Waals surface area contributed by atoms with Crippen molar-refractivity contribution < 1.29 is 18.9 Å². The summed E-state index contributed by atoms with van der Waals surface area (Å²) in [7, 11) is -4.52. The maximum absolute atomic E-state index is 11.0. The van der Waals surface area contributed by atoms with E-state index in [4.69, 9.17) is 14.3 Å². The zero-order chi connectivity index (χ0) is 13.2. The molecule has 1 aromatic rings. The van der Waals surface area contributed by atoms with Crippen molar-refractivity contribution in [3.63, 3.8) is 0 Å². The molecule has 0 radical (unpaired) electrons. The molecule has 0 unspecified atom stereocenters. The van der Waals surface area contributed by atoms with Gasteiger partial charge in [0.15, 0.2) is 0 Å². The van der Waals surface area contributed by atoms with Crippen LogP contribution in [0.25, 0.3) is 0 Å². The second kappa shape index (κ2) is 14.4. The van der Waals surface area contributed by atoms with E-state index in [-0.39, 0.29) is 130 Å². The summed E-state index contributed by atoms with van der Waals surface area (Å²) in [6.07, 6.45) is 0. The number of para-hydroxylation sites is 1. The van der Waals surface area contributed by atoms with Gasteiger partial charge in [-0.05, 0) is 23.0 Å². The molecule has 0 saturated heterocycles. The molecule has 0 atom stereocenters. The van der Waals surface area contributed by atoms with Gasteiger partial charge >= 0.3 is 126 Å². The van der Waals surface area contributed by atoms with Gasteiger partial charge in [0.25, 0.3) is 0 Å². The normalized spacial score (nSPS) is 9.90. The SMILES string of the molecule is CC(C)c1cccc(C(C)C)c1OP(=O)(O)O.[NaH].[NaH].[NaH].[NaH]. The van der Waals surface area contributed by atoms with Crippen LogP contribution in [-0.4, -0.2) is 128 Å². The molecule has 21 heavy (non-hydrogen) atoms. The molecule has 1 rings (SSSR count). The Labute approximate surface area is 216 Å². The molecule has 0 fully saturated rings. The number of phosphoric acid groups is 1. The van der Waals surface area contributed by atoms with Crippen LogP contribution in [0.2, 0.25) is 0 Å². The predicted molar refractivity (Wildman–Crippen MR) is 95.9 cm³/mol. The molecule has 0 heterocycles. The van der Waals surface area contributed by atoms with Gasteiger partial charge in [0.05, 0.1) is 0 Å². The van der Waals surface area contributed by atoms with Gasteiger partial charge in [-0.3, -0.25) is 9.79 Å².